The van der Waals surface area contributed by atoms with E-state index >= 15 is 0 Å². The van der Waals surface area contributed by atoms with E-state index in [0.29, 0.717) is 11.5 Å². The lowest BCUT2D eigenvalue weighted by Gasteiger charge is -2.43. The van der Waals surface area contributed by atoms with E-state index < -0.39 is 17.8 Å². The molecule has 2 saturated carbocycles. The molecule has 2 aliphatic heterocycles. The van der Waals surface area contributed by atoms with E-state index in [1.165, 1.54) is 16.2 Å². The lowest BCUT2D eigenvalue weighted by atomic mass is 9.68. The Morgan fingerprint density at radius 1 is 1.11 bits per heavy atom. The predicted octanol–water partition coefficient (Wildman–Crippen LogP) is 2.40. The first-order valence-electron chi connectivity index (χ1n) is 11.5. The van der Waals surface area contributed by atoms with Gasteiger partial charge in [0.15, 0.2) is 11.5 Å². The van der Waals surface area contributed by atoms with Gasteiger partial charge in [-0.3, -0.25) is 24.1 Å². The van der Waals surface area contributed by atoms with Crippen molar-refractivity contribution < 1.29 is 29.0 Å². The number of H-pyrrole nitrogens is 1. The molecule has 3 heterocycles. The number of thiazole rings is 1. The van der Waals surface area contributed by atoms with Gasteiger partial charge in [0.2, 0.25) is 11.8 Å². The number of rotatable bonds is 6. The molecule has 2 amide bonds. The number of aromatic amines is 1. The van der Waals surface area contributed by atoms with Crippen molar-refractivity contribution in [3.05, 3.63) is 38.3 Å². The molecule has 2 aromatic rings. The Bertz CT molecular complexity index is 1300. The number of hydrogen-bond acceptors (Lipinski definition) is 8. The molecule has 2 aliphatic carbocycles. The number of carbonyl (C=O) groups is 3. The van der Waals surface area contributed by atoms with Crippen molar-refractivity contribution in [1.29, 1.82) is 0 Å². The monoisotopic (exact) mass is 516 g/mol. The molecule has 0 unspecified atom stereocenters. The molecule has 0 radical (unpaired) electrons. The second kappa shape index (κ2) is 8.12. The van der Waals surface area contributed by atoms with Crippen LogP contribution in [0.1, 0.15) is 29.2 Å². The third-order valence-corrected chi connectivity index (χ3v) is 10.7. The van der Waals surface area contributed by atoms with Crippen molar-refractivity contribution >= 4 is 40.9 Å². The van der Waals surface area contributed by atoms with Crippen molar-refractivity contribution in [2.24, 2.45) is 29.6 Å². The minimum Gasteiger partial charge on any atom is -0.493 e. The average Bonchev–Trinajstić information content (AvgIpc) is 3.56. The number of likely N-dealkylation sites (tertiary alicyclic amines) is 1. The Kier molecular flexibility index (Phi) is 5.26. The molecule has 1 saturated heterocycles. The zero-order chi connectivity index (χ0) is 24.6. The van der Waals surface area contributed by atoms with Crippen LogP contribution in [0.2, 0.25) is 0 Å². The number of hydrogen-bond donors (Lipinski definition) is 2. The Morgan fingerprint density at radius 2 is 1.83 bits per heavy atom. The molecule has 1 aromatic carbocycles. The summed E-state index contributed by atoms with van der Waals surface area (Å²) in [5, 5.41) is 9.99. The number of carbonyl (C=O) groups excluding carboxylic acids is 2. The van der Waals surface area contributed by atoms with Crippen LogP contribution in [0.3, 0.4) is 0 Å². The van der Waals surface area contributed by atoms with Crippen LogP contribution in [0.25, 0.3) is 0 Å². The smallest absolute Gasteiger partial charge is 0.305 e. The summed E-state index contributed by atoms with van der Waals surface area (Å²) >= 11 is 2.82. The fourth-order valence-corrected chi connectivity index (χ4v) is 9.81. The van der Waals surface area contributed by atoms with E-state index in [1.807, 2.05) is 18.2 Å². The number of nitrogens with one attached hydrogen (secondary N) is 1. The summed E-state index contributed by atoms with van der Waals surface area (Å²) in [6.07, 6.45) is 0.533. The molecule has 184 valence electrons. The highest BCUT2D eigenvalue weighted by Gasteiger charge is 2.69. The number of nitrogens with zero attached hydrogens (tertiary/aromatic N) is 1. The van der Waals surface area contributed by atoms with Crippen LogP contribution in [-0.2, 0) is 14.4 Å². The fourth-order valence-electron chi connectivity index (χ4n) is 6.93. The standard InChI is InChI=1S/C24H24N2O7S2/c1-32-12-4-3-9(7-13(12)33-2)15-16-10-8-11(19(16)34-21-20(15)35-24(31)25-21)18-17(10)22(29)26(23(18)30)6-5-14(27)28/h3-4,7,10-11,15-19H,5-6,8H2,1-2H3,(H,25,31)(H,27,28)/t10-,11+,15+,16-,17+,18+,19-/m1/s1. The number of methoxy groups -OCH3 is 2. The normalized spacial score (nSPS) is 32.4. The lowest BCUT2D eigenvalue weighted by Crippen LogP contribution is -2.42. The van der Waals surface area contributed by atoms with E-state index in [2.05, 4.69) is 4.98 Å². The molecular formula is C24H24N2O7S2. The lowest BCUT2D eigenvalue weighted by molar-refractivity contribution is -0.142. The highest BCUT2D eigenvalue weighted by molar-refractivity contribution is 8.00. The average molecular weight is 517 g/mol. The minimum atomic E-state index is -1.03. The third-order valence-electron chi connectivity index (χ3n) is 8.13. The quantitative estimate of drug-likeness (QED) is 0.561. The highest BCUT2D eigenvalue weighted by atomic mass is 32.2. The van der Waals surface area contributed by atoms with Gasteiger partial charge in [0.1, 0.15) is 0 Å². The molecule has 9 nitrogen and oxygen atoms in total. The summed E-state index contributed by atoms with van der Waals surface area (Å²) in [6.45, 7) is -0.0817. The van der Waals surface area contributed by atoms with E-state index in [1.54, 1.807) is 26.0 Å². The van der Waals surface area contributed by atoms with E-state index in [0.717, 1.165) is 21.9 Å². The first-order chi connectivity index (χ1) is 16.8. The van der Waals surface area contributed by atoms with Gasteiger partial charge in [-0.15, -0.1) is 11.8 Å². The van der Waals surface area contributed by atoms with Crippen LogP contribution in [0.4, 0.5) is 0 Å². The summed E-state index contributed by atoms with van der Waals surface area (Å²) in [6, 6.07) is 5.78. The van der Waals surface area contributed by atoms with Gasteiger partial charge in [0, 0.05) is 22.6 Å². The van der Waals surface area contributed by atoms with Gasteiger partial charge in [0.25, 0.3) is 0 Å². The van der Waals surface area contributed by atoms with Crippen molar-refractivity contribution in [3.8, 4) is 11.5 Å². The maximum Gasteiger partial charge on any atom is 0.305 e. The molecule has 6 rings (SSSR count). The Labute approximate surface area is 208 Å². The van der Waals surface area contributed by atoms with Crippen LogP contribution in [0.5, 0.6) is 11.5 Å². The van der Waals surface area contributed by atoms with Crippen molar-refractivity contribution in [1.82, 2.24) is 9.88 Å². The number of ether oxygens (including phenoxy) is 2. The summed E-state index contributed by atoms with van der Waals surface area (Å²) in [7, 11) is 3.16. The number of benzene rings is 1. The maximum absolute atomic E-state index is 13.4. The zero-order valence-corrected chi connectivity index (χ0v) is 20.7. The molecule has 0 spiro atoms. The number of carboxylic acid groups (broad SMARTS) is 1. The number of carboxylic acids is 1. The van der Waals surface area contributed by atoms with Gasteiger partial charge in [-0.05, 0) is 41.9 Å². The van der Waals surface area contributed by atoms with E-state index in [9.17, 15) is 19.2 Å². The highest BCUT2D eigenvalue weighted by Crippen LogP contribution is 2.68. The minimum absolute atomic E-state index is 0.00507. The van der Waals surface area contributed by atoms with Crippen LogP contribution in [-0.4, -0.2) is 58.8 Å². The summed E-state index contributed by atoms with van der Waals surface area (Å²) in [5.74, 6) is -1.20. The SMILES string of the molecule is COc1ccc([C@@H]2c3sc(=O)[nH]c3S[C@@H]3[C@H]4C[C@@H]([C@@H]5C(=O)N(CCC(=O)O)C(=O)[C@@H]45)[C@H]23)cc1OC. The molecule has 35 heavy (non-hydrogen) atoms. The zero-order valence-electron chi connectivity index (χ0n) is 19.1. The van der Waals surface area contributed by atoms with Gasteiger partial charge in [-0.2, -0.15) is 0 Å². The predicted molar refractivity (Wildman–Crippen MR) is 127 cm³/mol. The number of amides is 2. The van der Waals surface area contributed by atoms with E-state index in [-0.39, 0.29) is 58.6 Å². The molecule has 7 atom stereocenters. The van der Waals surface area contributed by atoms with Gasteiger partial charge in [-0.25, -0.2) is 0 Å². The third kappa shape index (κ3) is 3.20. The maximum atomic E-state index is 13.4. The molecule has 2 bridgehead atoms. The number of aliphatic carboxylic acids is 1. The number of thioether (sulfide) groups is 1. The van der Waals surface area contributed by atoms with Crippen molar-refractivity contribution in [2.75, 3.05) is 20.8 Å². The largest absolute Gasteiger partial charge is 0.493 e. The van der Waals surface area contributed by atoms with Crippen LogP contribution < -0.4 is 14.3 Å². The molecule has 4 aliphatic rings. The topological polar surface area (TPSA) is 126 Å². The number of imide groups is 1. The summed E-state index contributed by atoms with van der Waals surface area (Å²) in [5.41, 5.74) is 0.984. The van der Waals surface area contributed by atoms with Gasteiger partial charge >= 0.3 is 10.8 Å². The van der Waals surface area contributed by atoms with Gasteiger partial charge in [0.05, 0.1) is 37.5 Å². The number of fused-ring (bicyclic) bond motifs is 9. The number of aromatic nitrogens is 1. The van der Waals surface area contributed by atoms with Crippen LogP contribution >= 0.6 is 23.1 Å². The summed E-state index contributed by atoms with van der Waals surface area (Å²) in [4.78, 5) is 55.1. The molecular weight excluding hydrogens is 492 g/mol. The Hall–Kier alpha value is -2.79. The second-order valence-corrected chi connectivity index (χ2v) is 11.7. The first-order valence-corrected chi connectivity index (χ1v) is 13.2. The Morgan fingerprint density at radius 3 is 2.51 bits per heavy atom. The van der Waals surface area contributed by atoms with E-state index in [4.69, 9.17) is 14.6 Å². The fraction of sp³-hybridized carbons (Fsp3) is 0.500. The molecule has 11 heteroatoms. The second-order valence-electron chi connectivity index (χ2n) is 9.55. The van der Waals surface area contributed by atoms with Gasteiger partial charge in [-0.1, -0.05) is 17.4 Å². The van der Waals surface area contributed by atoms with Crippen molar-refractivity contribution in [3.63, 3.8) is 0 Å². The van der Waals surface area contributed by atoms with Crippen LogP contribution in [0.15, 0.2) is 28.0 Å². The van der Waals surface area contributed by atoms with Crippen LogP contribution in [0, 0.1) is 29.6 Å². The first kappa shape index (κ1) is 22.7. The molecule has 3 fully saturated rings. The van der Waals surface area contributed by atoms with Gasteiger partial charge < -0.3 is 19.6 Å². The molecule has 1 aromatic heterocycles. The van der Waals surface area contributed by atoms with Crippen molar-refractivity contribution in [2.45, 2.75) is 29.0 Å². The summed E-state index contributed by atoms with van der Waals surface area (Å²) < 4.78 is 11.0. The molecule has 2 N–H and O–H groups in total. The Balaban J connectivity index is 1.42.